The Bertz CT molecular complexity index is 1010. The van der Waals surface area contributed by atoms with Gasteiger partial charge in [-0.05, 0) is 52.3 Å². The highest BCUT2D eigenvalue weighted by Crippen LogP contribution is 2.32. The molecule has 4 heterocycles. The normalized spacial score (nSPS) is 20.0. The maximum Gasteiger partial charge on any atom is 0.140 e. The Balaban J connectivity index is 1.69. The number of nitrogens with zero attached hydrogens (tertiary/aromatic N) is 3. The third-order valence-electron chi connectivity index (χ3n) is 5.48. The van der Waals surface area contributed by atoms with Crippen molar-refractivity contribution < 1.29 is 9.84 Å². The lowest BCUT2D eigenvalue weighted by molar-refractivity contribution is 0.0752. The summed E-state index contributed by atoms with van der Waals surface area (Å²) in [5, 5.41) is 17.6. The second-order valence-electron chi connectivity index (χ2n) is 8.32. The van der Waals surface area contributed by atoms with Crippen LogP contribution in [-0.4, -0.2) is 45.2 Å². The summed E-state index contributed by atoms with van der Waals surface area (Å²) < 4.78 is 7.42. The van der Waals surface area contributed by atoms with Gasteiger partial charge in [0.2, 0.25) is 0 Å². The molecule has 0 amide bonds. The van der Waals surface area contributed by atoms with Gasteiger partial charge in [0.15, 0.2) is 0 Å². The molecule has 0 radical (unpaired) electrons. The molecule has 0 unspecified atom stereocenters. The van der Waals surface area contributed by atoms with Gasteiger partial charge in [-0.3, -0.25) is 4.40 Å². The summed E-state index contributed by atoms with van der Waals surface area (Å²) in [5.41, 5.74) is 2.11. The molecule has 4 rings (SSSR count). The van der Waals surface area contributed by atoms with Gasteiger partial charge in [-0.1, -0.05) is 6.07 Å². The first kappa shape index (κ1) is 19.7. The van der Waals surface area contributed by atoms with E-state index in [1.54, 1.807) is 21.0 Å². The number of nitrogens with one attached hydrogen (secondary N) is 2. The quantitative estimate of drug-likeness (QED) is 0.615. The predicted molar refractivity (Wildman–Crippen MR) is 114 cm³/mol. The maximum absolute atomic E-state index is 10.6. The summed E-state index contributed by atoms with van der Waals surface area (Å²) in [6, 6.07) is 8.77. The molecule has 0 spiro atoms. The van der Waals surface area contributed by atoms with Crippen LogP contribution in [0, 0.1) is 0 Å². The highest BCUT2D eigenvalue weighted by Gasteiger charge is 2.23. The second-order valence-corrected chi connectivity index (χ2v) is 8.32. The first-order valence-corrected chi connectivity index (χ1v) is 10.1. The fourth-order valence-corrected chi connectivity index (χ4v) is 3.95. The molecule has 3 aromatic rings. The SMILES string of the molecule is COc1cc2ncc(-c3cccc(N[C@H]4CCN[C@@H](C)C4)n3)n2cc1C(C)(C)O. The van der Waals surface area contributed by atoms with Gasteiger partial charge in [0, 0.05) is 29.9 Å². The molecule has 0 bridgehead atoms. The van der Waals surface area contributed by atoms with Crippen LogP contribution >= 0.6 is 0 Å². The molecule has 7 nitrogen and oxygen atoms in total. The van der Waals surface area contributed by atoms with Crippen molar-refractivity contribution in [3.05, 3.63) is 42.2 Å². The van der Waals surface area contributed by atoms with Gasteiger partial charge in [0.05, 0.1) is 30.3 Å². The zero-order chi connectivity index (χ0) is 20.6. The molecule has 1 aliphatic rings. The van der Waals surface area contributed by atoms with Crippen LogP contribution in [-0.2, 0) is 5.60 Å². The smallest absolute Gasteiger partial charge is 0.140 e. The van der Waals surface area contributed by atoms with Crippen LogP contribution in [0.25, 0.3) is 17.0 Å². The number of aromatic nitrogens is 3. The Kier molecular flexibility index (Phi) is 5.19. The van der Waals surface area contributed by atoms with E-state index in [0.29, 0.717) is 23.4 Å². The summed E-state index contributed by atoms with van der Waals surface area (Å²) in [4.78, 5) is 9.35. The lowest BCUT2D eigenvalue weighted by Gasteiger charge is -2.29. The standard InChI is InChI=1S/C22H29N5O2/c1-14-10-15(8-9-23-14)25-20-7-5-6-17(26-20)18-12-24-21-11-19(29-4)16(13-27(18)21)22(2,3)28/h5-7,11-15,23,28H,8-10H2,1-4H3,(H,25,26)/t14-,15-/m0/s1. The van der Waals surface area contributed by atoms with Gasteiger partial charge < -0.3 is 20.5 Å². The molecule has 1 fully saturated rings. The van der Waals surface area contributed by atoms with Gasteiger partial charge in [-0.25, -0.2) is 9.97 Å². The van der Waals surface area contributed by atoms with Gasteiger partial charge in [-0.2, -0.15) is 0 Å². The molecule has 29 heavy (non-hydrogen) atoms. The van der Waals surface area contributed by atoms with Crippen LogP contribution in [0.15, 0.2) is 36.7 Å². The number of piperidine rings is 1. The summed E-state index contributed by atoms with van der Waals surface area (Å²) in [6.07, 6.45) is 5.85. The molecular formula is C22H29N5O2. The Labute approximate surface area is 171 Å². The maximum atomic E-state index is 10.6. The fraction of sp³-hybridized carbons (Fsp3) is 0.455. The van der Waals surface area contributed by atoms with E-state index in [1.165, 1.54) is 0 Å². The molecule has 0 aliphatic carbocycles. The van der Waals surface area contributed by atoms with Crippen molar-refractivity contribution in [3.8, 4) is 17.1 Å². The van der Waals surface area contributed by atoms with E-state index in [9.17, 15) is 5.11 Å². The molecule has 7 heteroatoms. The number of ether oxygens (including phenoxy) is 1. The zero-order valence-electron chi connectivity index (χ0n) is 17.4. The molecule has 1 aliphatic heterocycles. The van der Waals surface area contributed by atoms with Crippen molar-refractivity contribution in [2.75, 3.05) is 19.0 Å². The van der Waals surface area contributed by atoms with E-state index in [1.807, 2.05) is 41.1 Å². The first-order valence-electron chi connectivity index (χ1n) is 10.1. The Morgan fingerprint density at radius 3 is 2.90 bits per heavy atom. The van der Waals surface area contributed by atoms with E-state index in [4.69, 9.17) is 9.72 Å². The van der Waals surface area contributed by atoms with E-state index in [-0.39, 0.29) is 0 Å². The lowest BCUT2D eigenvalue weighted by atomic mass is 9.99. The number of imidazole rings is 1. The Morgan fingerprint density at radius 1 is 1.34 bits per heavy atom. The molecule has 2 atom stereocenters. The molecule has 3 N–H and O–H groups in total. The Morgan fingerprint density at radius 2 is 2.17 bits per heavy atom. The number of rotatable bonds is 5. The average Bonchev–Trinajstić information content (AvgIpc) is 3.09. The molecular weight excluding hydrogens is 366 g/mol. The third-order valence-corrected chi connectivity index (χ3v) is 5.48. The highest BCUT2D eigenvalue weighted by atomic mass is 16.5. The van der Waals surface area contributed by atoms with Gasteiger partial charge in [0.1, 0.15) is 17.2 Å². The van der Waals surface area contributed by atoms with Gasteiger partial charge >= 0.3 is 0 Å². The number of pyridine rings is 2. The largest absolute Gasteiger partial charge is 0.496 e. The third kappa shape index (κ3) is 4.06. The minimum Gasteiger partial charge on any atom is -0.496 e. The van der Waals surface area contributed by atoms with Gasteiger partial charge in [0.25, 0.3) is 0 Å². The predicted octanol–water partition coefficient (Wildman–Crippen LogP) is 3.18. The van der Waals surface area contributed by atoms with Crippen molar-refractivity contribution in [1.29, 1.82) is 0 Å². The second kappa shape index (κ2) is 7.65. The minimum atomic E-state index is -1.04. The number of fused-ring (bicyclic) bond motifs is 1. The first-order chi connectivity index (χ1) is 13.8. The van der Waals surface area contributed by atoms with E-state index >= 15 is 0 Å². The minimum absolute atomic E-state index is 0.419. The monoisotopic (exact) mass is 395 g/mol. The summed E-state index contributed by atoms with van der Waals surface area (Å²) >= 11 is 0. The van der Waals surface area contributed by atoms with E-state index < -0.39 is 5.60 Å². The zero-order valence-corrected chi connectivity index (χ0v) is 17.4. The molecule has 0 aromatic carbocycles. The van der Waals surface area contributed by atoms with Crippen LogP contribution in [0.2, 0.25) is 0 Å². The number of methoxy groups -OCH3 is 1. The Hall–Kier alpha value is -2.64. The van der Waals surface area contributed by atoms with Crippen molar-refractivity contribution >= 4 is 11.5 Å². The highest BCUT2D eigenvalue weighted by molar-refractivity contribution is 5.64. The van der Waals surface area contributed by atoms with E-state index in [2.05, 4.69) is 22.5 Å². The van der Waals surface area contributed by atoms with Crippen LogP contribution in [0.3, 0.4) is 0 Å². The fourth-order valence-electron chi connectivity index (χ4n) is 3.95. The van der Waals surface area contributed by atoms with E-state index in [0.717, 1.165) is 42.2 Å². The van der Waals surface area contributed by atoms with Crippen molar-refractivity contribution in [2.24, 2.45) is 0 Å². The van der Waals surface area contributed by atoms with Crippen molar-refractivity contribution in [2.45, 2.75) is 51.3 Å². The number of aliphatic hydroxyl groups is 1. The molecule has 154 valence electrons. The van der Waals surface area contributed by atoms with Crippen LogP contribution in [0.4, 0.5) is 5.82 Å². The number of hydrogen-bond donors (Lipinski definition) is 3. The topological polar surface area (TPSA) is 83.7 Å². The number of anilines is 1. The van der Waals surface area contributed by atoms with Gasteiger partial charge in [-0.15, -0.1) is 0 Å². The van der Waals surface area contributed by atoms with Crippen LogP contribution < -0.4 is 15.4 Å². The van der Waals surface area contributed by atoms with Crippen LogP contribution in [0.1, 0.15) is 39.2 Å². The van der Waals surface area contributed by atoms with Crippen LogP contribution in [0.5, 0.6) is 5.75 Å². The molecule has 0 saturated carbocycles. The summed E-state index contributed by atoms with van der Waals surface area (Å²) in [5.74, 6) is 1.48. The number of hydrogen-bond acceptors (Lipinski definition) is 6. The summed E-state index contributed by atoms with van der Waals surface area (Å²) in [7, 11) is 1.60. The molecule has 1 saturated heterocycles. The van der Waals surface area contributed by atoms with Crippen molar-refractivity contribution in [1.82, 2.24) is 19.7 Å². The molecule has 3 aromatic heterocycles. The lowest BCUT2D eigenvalue weighted by Crippen LogP contribution is -2.41. The average molecular weight is 396 g/mol. The summed E-state index contributed by atoms with van der Waals surface area (Å²) in [6.45, 7) is 6.73. The van der Waals surface area contributed by atoms with Crippen molar-refractivity contribution in [3.63, 3.8) is 0 Å².